The van der Waals surface area contributed by atoms with Gasteiger partial charge in [0.25, 0.3) is 0 Å². The summed E-state index contributed by atoms with van der Waals surface area (Å²) in [5, 5.41) is 0. The third-order valence-corrected chi connectivity index (χ3v) is 5.15. The van der Waals surface area contributed by atoms with E-state index in [1.165, 1.54) is 5.56 Å². The lowest BCUT2D eigenvalue weighted by atomic mass is 9.86. The predicted molar refractivity (Wildman–Crippen MR) is 94.3 cm³/mol. The van der Waals surface area contributed by atoms with Gasteiger partial charge >= 0.3 is 0 Å². The minimum absolute atomic E-state index is 0.0968. The van der Waals surface area contributed by atoms with Gasteiger partial charge in [0.2, 0.25) is 0 Å². The molecule has 114 valence electrons. The number of hydrogen-bond acceptors (Lipinski definition) is 3. The highest BCUT2D eigenvalue weighted by atomic mass is 79.9. The van der Waals surface area contributed by atoms with Crippen LogP contribution in [-0.2, 0) is 5.41 Å². The largest absolute Gasteiger partial charge is 0.483 e. The fourth-order valence-electron chi connectivity index (χ4n) is 2.13. The van der Waals surface area contributed by atoms with E-state index in [-0.39, 0.29) is 11.5 Å². The highest BCUT2D eigenvalue weighted by molar-refractivity contribution is 9.11. The van der Waals surface area contributed by atoms with Crippen molar-refractivity contribution in [2.24, 2.45) is 5.73 Å². The molecule has 1 aromatic heterocycles. The highest BCUT2D eigenvalue weighted by Gasteiger charge is 2.18. The first kappa shape index (κ1) is 16.5. The first-order valence-electron chi connectivity index (χ1n) is 7.04. The molecule has 0 bridgehead atoms. The molecule has 2 aromatic rings. The summed E-state index contributed by atoms with van der Waals surface area (Å²) in [6.45, 7) is 9.20. The maximum absolute atomic E-state index is 6.13. The van der Waals surface area contributed by atoms with Crippen LogP contribution in [0.15, 0.2) is 34.1 Å². The second kappa shape index (κ2) is 6.51. The Hall–Kier alpha value is -0.840. The Morgan fingerprint density at radius 2 is 1.95 bits per heavy atom. The lowest BCUT2D eigenvalue weighted by Gasteiger charge is -2.22. The van der Waals surface area contributed by atoms with Crippen LogP contribution in [0, 0.1) is 6.92 Å². The summed E-state index contributed by atoms with van der Waals surface area (Å²) in [5.74, 6) is 0.906. The smallest absolute Gasteiger partial charge is 0.145 e. The lowest BCUT2D eigenvalue weighted by Crippen LogP contribution is -2.18. The number of ether oxygens (including phenoxy) is 1. The van der Waals surface area contributed by atoms with Gasteiger partial charge in [-0.3, -0.25) is 0 Å². The van der Waals surface area contributed by atoms with Crippen LogP contribution in [0.25, 0.3) is 0 Å². The molecule has 0 spiro atoms. The highest BCUT2D eigenvalue weighted by Crippen LogP contribution is 2.33. The Labute approximate surface area is 139 Å². The average Bonchev–Trinajstić information content (AvgIpc) is 2.82. The molecule has 1 unspecified atom stereocenters. The van der Waals surface area contributed by atoms with Gasteiger partial charge < -0.3 is 10.5 Å². The van der Waals surface area contributed by atoms with E-state index in [4.69, 9.17) is 10.5 Å². The SMILES string of the molecule is Cc1cc(C(C)(C)C)ccc1OC(CN)c1ccc(Br)s1. The van der Waals surface area contributed by atoms with Crippen molar-refractivity contribution in [1.82, 2.24) is 0 Å². The van der Waals surface area contributed by atoms with E-state index in [2.05, 4.69) is 67.9 Å². The predicted octanol–water partition coefficient (Wildman–Crippen LogP) is 5.20. The minimum atomic E-state index is -0.0968. The van der Waals surface area contributed by atoms with Gasteiger partial charge in [-0.25, -0.2) is 0 Å². The van der Waals surface area contributed by atoms with Crippen LogP contribution >= 0.6 is 27.3 Å². The Morgan fingerprint density at radius 1 is 1.24 bits per heavy atom. The van der Waals surface area contributed by atoms with Crippen molar-refractivity contribution in [2.45, 2.75) is 39.2 Å². The first-order valence-corrected chi connectivity index (χ1v) is 8.65. The molecule has 2 rings (SSSR count). The van der Waals surface area contributed by atoms with Gasteiger partial charge in [-0.15, -0.1) is 11.3 Å². The lowest BCUT2D eigenvalue weighted by molar-refractivity contribution is 0.216. The molecule has 0 saturated carbocycles. The molecule has 0 fully saturated rings. The third-order valence-electron chi connectivity index (χ3n) is 3.44. The molecular formula is C17H22BrNOS. The molecule has 1 heterocycles. The van der Waals surface area contributed by atoms with Crippen LogP contribution in [0.2, 0.25) is 0 Å². The zero-order valence-electron chi connectivity index (χ0n) is 12.9. The monoisotopic (exact) mass is 367 g/mol. The number of benzene rings is 1. The van der Waals surface area contributed by atoms with Crippen molar-refractivity contribution in [2.75, 3.05) is 6.54 Å². The molecule has 0 aliphatic rings. The average molecular weight is 368 g/mol. The van der Waals surface area contributed by atoms with Crippen molar-refractivity contribution < 1.29 is 4.74 Å². The molecule has 0 aliphatic heterocycles. The molecule has 0 amide bonds. The van der Waals surface area contributed by atoms with E-state index in [9.17, 15) is 0 Å². The minimum Gasteiger partial charge on any atom is -0.483 e. The van der Waals surface area contributed by atoms with Gasteiger partial charge in [-0.05, 0) is 57.6 Å². The first-order chi connectivity index (χ1) is 9.81. The second-order valence-electron chi connectivity index (χ2n) is 6.21. The van der Waals surface area contributed by atoms with Crippen LogP contribution in [0.4, 0.5) is 0 Å². The molecule has 1 aromatic carbocycles. The topological polar surface area (TPSA) is 35.2 Å². The van der Waals surface area contributed by atoms with E-state index >= 15 is 0 Å². The number of halogens is 1. The van der Waals surface area contributed by atoms with Crippen molar-refractivity contribution in [3.63, 3.8) is 0 Å². The molecule has 0 saturated heterocycles. The quantitative estimate of drug-likeness (QED) is 0.806. The van der Waals surface area contributed by atoms with E-state index in [1.54, 1.807) is 11.3 Å². The second-order valence-corrected chi connectivity index (χ2v) is 8.71. The van der Waals surface area contributed by atoms with E-state index in [0.29, 0.717) is 6.54 Å². The van der Waals surface area contributed by atoms with Gasteiger partial charge in [0.05, 0.1) is 3.79 Å². The van der Waals surface area contributed by atoms with Gasteiger partial charge in [0, 0.05) is 11.4 Å². The molecule has 2 nitrogen and oxygen atoms in total. The number of nitrogens with two attached hydrogens (primary N) is 1. The molecule has 1 atom stereocenters. The fourth-order valence-corrected chi connectivity index (χ4v) is 3.59. The van der Waals surface area contributed by atoms with Crippen LogP contribution in [-0.4, -0.2) is 6.54 Å². The molecule has 4 heteroatoms. The molecule has 21 heavy (non-hydrogen) atoms. The normalized spacial score (nSPS) is 13.2. The Morgan fingerprint density at radius 3 is 2.43 bits per heavy atom. The van der Waals surface area contributed by atoms with Crippen molar-refractivity contribution in [3.8, 4) is 5.75 Å². The fraction of sp³-hybridized carbons (Fsp3) is 0.412. The van der Waals surface area contributed by atoms with Crippen LogP contribution < -0.4 is 10.5 Å². The van der Waals surface area contributed by atoms with Gasteiger partial charge in [-0.2, -0.15) is 0 Å². The van der Waals surface area contributed by atoms with Crippen molar-refractivity contribution in [1.29, 1.82) is 0 Å². The van der Waals surface area contributed by atoms with E-state index in [1.807, 2.05) is 6.07 Å². The summed E-state index contributed by atoms with van der Waals surface area (Å²) in [5.41, 5.74) is 8.49. The van der Waals surface area contributed by atoms with Crippen LogP contribution in [0.5, 0.6) is 5.75 Å². The Balaban J connectivity index is 2.22. The number of rotatable bonds is 4. The molecular weight excluding hydrogens is 346 g/mol. The number of thiophene rings is 1. The van der Waals surface area contributed by atoms with Crippen molar-refractivity contribution in [3.05, 3.63) is 50.1 Å². The maximum Gasteiger partial charge on any atom is 0.145 e. The van der Waals surface area contributed by atoms with Gasteiger partial charge in [-0.1, -0.05) is 32.9 Å². The maximum atomic E-state index is 6.13. The molecule has 2 N–H and O–H groups in total. The van der Waals surface area contributed by atoms with E-state index in [0.717, 1.165) is 20.0 Å². The van der Waals surface area contributed by atoms with Crippen LogP contribution in [0.1, 0.15) is 42.9 Å². The summed E-state index contributed by atoms with van der Waals surface area (Å²) in [6, 6.07) is 10.5. The number of hydrogen-bond donors (Lipinski definition) is 1. The summed E-state index contributed by atoms with van der Waals surface area (Å²) < 4.78 is 7.22. The van der Waals surface area contributed by atoms with Gasteiger partial charge in [0.15, 0.2) is 0 Å². The summed E-state index contributed by atoms with van der Waals surface area (Å²) in [4.78, 5) is 1.14. The van der Waals surface area contributed by atoms with E-state index < -0.39 is 0 Å². The zero-order chi connectivity index (χ0) is 15.6. The summed E-state index contributed by atoms with van der Waals surface area (Å²) in [6.07, 6.45) is -0.0968. The van der Waals surface area contributed by atoms with Gasteiger partial charge in [0.1, 0.15) is 11.9 Å². The zero-order valence-corrected chi connectivity index (χ0v) is 15.3. The molecule has 0 aliphatic carbocycles. The van der Waals surface area contributed by atoms with Crippen molar-refractivity contribution >= 4 is 27.3 Å². The number of aryl methyl sites for hydroxylation is 1. The Kier molecular flexibility index (Phi) is 5.12. The summed E-state index contributed by atoms with van der Waals surface area (Å²) >= 11 is 5.15. The molecule has 0 radical (unpaired) electrons. The third kappa shape index (κ3) is 4.09. The standard InChI is InChI=1S/C17H22BrNOS/c1-11-9-12(17(2,3)4)5-6-13(11)20-14(10-19)15-7-8-16(18)21-15/h5-9,14H,10,19H2,1-4H3. The van der Waals surface area contributed by atoms with Crippen LogP contribution in [0.3, 0.4) is 0 Å². The Bertz CT molecular complexity index is 615. The summed E-state index contributed by atoms with van der Waals surface area (Å²) in [7, 11) is 0.